The lowest BCUT2D eigenvalue weighted by molar-refractivity contribution is -0.467. The van der Waals surface area contributed by atoms with Crippen molar-refractivity contribution in [3.8, 4) is 0 Å². The molecule has 0 aromatic heterocycles. The summed E-state index contributed by atoms with van der Waals surface area (Å²) in [5.41, 5.74) is 0. The molecule has 0 fully saturated rings. The van der Waals surface area contributed by atoms with Crippen LogP contribution in [0.15, 0.2) is 0 Å². The smallest absolute Gasteiger partial charge is 0.218 e. The quantitative estimate of drug-likeness (QED) is 0.110. The number of rotatable bonds is 11. The summed E-state index contributed by atoms with van der Waals surface area (Å²) in [5.74, 6) is -101. The van der Waals surface area contributed by atoms with Crippen LogP contribution in [0.25, 0.3) is 0 Å². The minimum absolute atomic E-state index is 2.27. The van der Waals surface area contributed by atoms with Crippen molar-refractivity contribution in [2.24, 2.45) is 0 Å². The molecule has 1 atom stereocenters. The molecule has 1 unspecified atom stereocenters. The highest BCUT2D eigenvalue weighted by atomic mass is 127. The van der Waals surface area contributed by atoms with Gasteiger partial charge in [0.05, 0.1) is 0 Å². The van der Waals surface area contributed by atoms with Gasteiger partial charge in [0.2, 0.25) is 0 Å². The van der Waals surface area contributed by atoms with Gasteiger partial charge < -0.3 is 0 Å². The molecule has 0 saturated carbocycles. The molecule has 0 N–H and O–H groups in total. The van der Waals surface area contributed by atoms with Crippen molar-refractivity contribution in [2.45, 2.75) is 81.2 Å². The lowest BCUT2D eigenvalue weighted by Crippen LogP contribution is -2.78. The van der Waals surface area contributed by atoms with E-state index in [1.165, 1.54) is 0 Å². The maximum atomic E-state index is 14.2. The van der Waals surface area contributed by atoms with Gasteiger partial charge in [-0.25, -0.2) is 4.39 Å². The van der Waals surface area contributed by atoms with E-state index in [1.807, 2.05) is 0 Å². The van der Waals surface area contributed by atoms with Crippen LogP contribution in [0.3, 0.4) is 0 Å². The highest BCUT2D eigenvalue weighted by Crippen LogP contribution is 2.69. The Morgan fingerprint density at radius 3 is 0.432 bits per heavy atom. The largest absolute Gasteiger partial charge is 0.460 e. The van der Waals surface area contributed by atoms with Gasteiger partial charge in [-0.2, -0.15) is 123 Å². The molecule has 266 valence electrons. The second-order valence-electron chi connectivity index (χ2n) is 7.89. The topological polar surface area (TPSA) is 0 Å². The van der Waals surface area contributed by atoms with Gasteiger partial charge in [0, 0.05) is 0 Å². The Morgan fingerprint density at radius 2 is 0.295 bits per heavy atom. The van der Waals surface area contributed by atoms with E-state index in [0.29, 0.717) is 0 Å². The number of hydrogen-bond acceptors (Lipinski definition) is 0. The van der Waals surface area contributed by atoms with E-state index < -0.39 is 104 Å². The summed E-state index contributed by atoms with van der Waals surface area (Å²) in [4.78, 5) is 0. The Kier molecular flexibility index (Phi) is 9.80. The van der Waals surface area contributed by atoms with Gasteiger partial charge in [-0.3, -0.25) is 0 Å². The SMILES string of the molecule is FC(F)(F)C(F)(F)C(F)(F)C(F)(F)C(F)(F)C(F)(F)C(F)(F)C(F)(I)C(F)(F)C(F)(F)C(F)(F)C(F)(F)C(F)(F)C(F)(F)F. The molecule has 0 nitrogen and oxygen atoms in total. The fourth-order valence-electron chi connectivity index (χ4n) is 2.33. The summed E-state index contributed by atoms with van der Waals surface area (Å²) in [5, 5.41) is 0. The summed E-state index contributed by atoms with van der Waals surface area (Å²) < 4.78 is 372. The van der Waals surface area contributed by atoms with Crippen LogP contribution in [-0.4, -0.2) is 81.2 Å². The van der Waals surface area contributed by atoms with E-state index in [-0.39, 0.29) is 0 Å². The fraction of sp³-hybridized carbons (Fsp3) is 1.00. The predicted octanol–water partition coefficient (Wildman–Crippen LogP) is 10.2. The Labute approximate surface area is 232 Å². The summed E-state index contributed by atoms with van der Waals surface area (Å²) in [6, 6.07) is 0. The molecule has 0 aliphatic rings. The lowest BCUT2D eigenvalue weighted by Gasteiger charge is -2.47. The van der Waals surface area contributed by atoms with Crippen LogP contribution in [-0.2, 0) is 0 Å². The van der Waals surface area contributed by atoms with Gasteiger partial charge in [-0.05, 0) is 22.6 Å². The van der Waals surface area contributed by atoms with Crippen molar-refractivity contribution in [3.63, 3.8) is 0 Å². The first-order valence-electron chi connectivity index (χ1n) is 8.92. The van der Waals surface area contributed by atoms with Gasteiger partial charge in [0.25, 0.3) is 3.68 Å². The van der Waals surface area contributed by atoms with Crippen LogP contribution in [0.4, 0.5) is 127 Å². The zero-order valence-electron chi connectivity index (χ0n) is 18.3. The van der Waals surface area contributed by atoms with E-state index in [4.69, 9.17) is 0 Å². The van der Waals surface area contributed by atoms with Crippen LogP contribution >= 0.6 is 22.6 Å². The number of halogens is 30. The first-order valence-corrected chi connectivity index (χ1v) is 10.00. The highest BCUT2D eigenvalue weighted by Gasteiger charge is 3.00. The van der Waals surface area contributed by atoms with Crippen LogP contribution in [0.5, 0.6) is 0 Å². The van der Waals surface area contributed by atoms with Crippen LogP contribution < -0.4 is 0 Å². The zero-order chi connectivity index (χ0) is 37.0. The molecule has 0 rings (SSSR count). The molecule has 0 aromatic rings. The lowest BCUT2D eigenvalue weighted by atomic mass is 9.85. The van der Waals surface area contributed by atoms with Crippen LogP contribution in [0.2, 0.25) is 0 Å². The van der Waals surface area contributed by atoms with Gasteiger partial charge in [0.1, 0.15) is 0 Å². The van der Waals surface area contributed by atoms with Gasteiger partial charge in [-0.1, -0.05) is 0 Å². The minimum atomic E-state index is -9.55. The molecule has 0 saturated heterocycles. The van der Waals surface area contributed by atoms with Crippen molar-refractivity contribution >= 4 is 22.6 Å². The van der Waals surface area contributed by atoms with Crippen molar-refractivity contribution in [1.29, 1.82) is 0 Å². The van der Waals surface area contributed by atoms with E-state index >= 15 is 0 Å². The summed E-state index contributed by atoms with van der Waals surface area (Å²) in [6.07, 6.45) is -16.4. The van der Waals surface area contributed by atoms with Gasteiger partial charge in [-0.15, -0.1) is 0 Å². The predicted molar refractivity (Wildman–Crippen MR) is 84.4 cm³/mol. The molecule has 0 heterocycles. The summed E-state index contributed by atoms with van der Waals surface area (Å²) in [7, 11) is 0. The number of alkyl halides is 30. The Bertz CT molecular complexity index is 969. The summed E-state index contributed by atoms with van der Waals surface area (Å²) in [6.45, 7) is 0. The Morgan fingerprint density at radius 1 is 0.182 bits per heavy atom. The van der Waals surface area contributed by atoms with Crippen molar-refractivity contribution < 1.29 is 127 Å². The van der Waals surface area contributed by atoms with Crippen molar-refractivity contribution in [2.75, 3.05) is 0 Å². The minimum Gasteiger partial charge on any atom is -0.218 e. The highest BCUT2D eigenvalue weighted by molar-refractivity contribution is 14.1. The Balaban J connectivity index is 7.52. The molecule has 0 aromatic carbocycles. The van der Waals surface area contributed by atoms with Gasteiger partial charge >= 0.3 is 77.5 Å². The average Bonchev–Trinajstić information content (AvgIpc) is 2.75. The molecule has 0 aliphatic carbocycles. The molecular formula is C14F29I. The Hall–Kier alpha value is -1.30. The molecule has 0 amide bonds. The van der Waals surface area contributed by atoms with E-state index in [9.17, 15) is 127 Å². The monoisotopic (exact) mass is 846 g/mol. The second kappa shape index (κ2) is 10.1. The van der Waals surface area contributed by atoms with E-state index in [2.05, 4.69) is 0 Å². The molecule has 0 spiro atoms. The molecule has 0 aliphatic heterocycles. The molecule has 0 radical (unpaired) electrons. The first-order chi connectivity index (χ1) is 18.2. The van der Waals surface area contributed by atoms with Crippen LogP contribution in [0, 0.1) is 0 Å². The normalized spacial score (nSPS) is 18.4. The maximum absolute atomic E-state index is 14.2. The molecule has 0 bridgehead atoms. The average molecular weight is 846 g/mol. The van der Waals surface area contributed by atoms with Crippen molar-refractivity contribution in [3.05, 3.63) is 0 Å². The third-order valence-electron chi connectivity index (χ3n) is 5.05. The molecular weight excluding hydrogens is 846 g/mol. The molecule has 30 heteroatoms. The number of hydrogen-bond donors (Lipinski definition) is 0. The second-order valence-corrected chi connectivity index (χ2v) is 9.37. The fourth-order valence-corrected chi connectivity index (χ4v) is 3.01. The standard InChI is InChI=1S/C14F29I/c15-1(16,2(17,18)6(25,26)10(33,34)13(38,39)40)4(21,22)8(29,30)12(37,44)9(31,32)5(23,24)3(19,20)7(27,28)11(35,36)14(41,42)43. The summed E-state index contributed by atoms with van der Waals surface area (Å²) >= 11 is -2.27. The van der Waals surface area contributed by atoms with Crippen molar-refractivity contribution in [1.82, 2.24) is 0 Å². The third kappa shape index (κ3) is 4.79. The first kappa shape index (κ1) is 42.7. The van der Waals surface area contributed by atoms with Gasteiger partial charge in [0.15, 0.2) is 0 Å². The van der Waals surface area contributed by atoms with Crippen LogP contribution in [0.1, 0.15) is 0 Å². The zero-order valence-corrected chi connectivity index (χ0v) is 20.5. The van der Waals surface area contributed by atoms with E-state index in [0.717, 1.165) is 0 Å². The van der Waals surface area contributed by atoms with E-state index in [1.54, 1.807) is 0 Å². The maximum Gasteiger partial charge on any atom is 0.460 e. The third-order valence-corrected chi connectivity index (χ3v) is 6.40. The molecule has 44 heavy (non-hydrogen) atoms.